The van der Waals surface area contributed by atoms with Crippen LogP contribution in [0.4, 0.5) is 0 Å². The summed E-state index contributed by atoms with van der Waals surface area (Å²) in [5.74, 6) is 1.27. The first-order valence-electron chi connectivity index (χ1n) is 5.60. The van der Waals surface area contributed by atoms with Crippen LogP contribution in [0.1, 0.15) is 18.9 Å². The van der Waals surface area contributed by atoms with Crippen molar-refractivity contribution in [3.05, 3.63) is 23.8 Å². The molecule has 0 fully saturated rings. The molecule has 18 heavy (non-hydrogen) atoms. The van der Waals surface area contributed by atoms with E-state index in [0.29, 0.717) is 18.1 Å². The molecular formula is C12H18N4O2. The van der Waals surface area contributed by atoms with Gasteiger partial charge in [-0.25, -0.2) is 0 Å². The lowest BCUT2D eigenvalue weighted by Crippen LogP contribution is -2.21. The number of rotatable bonds is 6. The standard InChI is InChI=1S/C12H18N4O2/c1-3-6-18-10-5-4-9(7-11(10)17-2)8-15-16-12(13)14/h4-5,7-8H,3,6H2,1-2H3,(H4,13,14,16)/b15-8+. The first-order valence-corrected chi connectivity index (χ1v) is 5.60. The first-order chi connectivity index (χ1) is 8.67. The molecule has 6 nitrogen and oxygen atoms in total. The third-order valence-electron chi connectivity index (χ3n) is 2.03. The van der Waals surface area contributed by atoms with Gasteiger partial charge in [-0.2, -0.15) is 5.10 Å². The summed E-state index contributed by atoms with van der Waals surface area (Å²) in [7, 11) is 1.59. The van der Waals surface area contributed by atoms with E-state index in [1.165, 1.54) is 6.21 Å². The zero-order valence-corrected chi connectivity index (χ0v) is 10.6. The fourth-order valence-corrected chi connectivity index (χ4v) is 1.26. The molecule has 0 saturated heterocycles. The molecule has 1 rings (SSSR count). The number of guanidine groups is 1. The predicted octanol–water partition coefficient (Wildman–Crippen LogP) is 1.09. The predicted molar refractivity (Wildman–Crippen MR) is 72.2 cm³/mol. The Bertz CT molecular complexity index is 440. The minimum absolute atomic E-state index is 0.0823. The monoisotopic (exact) mass is 250 g/mol. The van der Waals surface area contributed by atoms with Crippen LogP contribution in [-0.4, -0.2) is 25.9 Å². The number of ether oxygens (including phenoxy) is 2. The highest BCUT2D eigenvalue weighted by Crippen LogP contribution is 2.27. The molecule has 0 aliphatic heterocycles. The van der Waals surface area contributed by atoms with Crippen LogP contribution in [0.3, 0.4) is 0 Å². The van der Waals surface area contributed by atoms with Gasteiger partial charge in [0.1, 0.15) is 0 Å². The third kappa shape index (κ3) is 4.32. The highest BCUT2D eigenvalue weighted by atomic mass is 16.5. The molecule has 0 bridgehead atoms. The molecule has 0 heterocycles. The highest BCUT2D eigenvalue weighted by molar-refractivity contribution is 5.82. The molecule has 0 aliphatic carbocycles. The van der Waals surface area contributed by atoms with Crippen molar-refractivity contribution in [2.75, 3.05) is 13.7 Å². The first kappa shape index (κ1) is 13.8. The SMILES string of the molecule is CCCOc1ccc(/C=N/N=C(N)N)cc1OC. The smallest absolute Gasteiger partial charge is 0.211 e. The van der Waals surface area contributed by atoms with Gasteiger partial charge >= 0.3 is 0 Å². The van der Waals surface area contributed by atoms with Gasteiger partial charge in [-0.3, -0.25) is 0 Å². The molecule has 0 radical (unpaired) electrons. The van der Waals surface area contributed by atoms with E-state index in [1.54, 1.807) is 13.2 Å². The zero-order chi connectivity index (χ0) is 13.4. The van der Waals surface area contributed by atoms with Gasteiger partial charge < -0.3 is 20.9 Å². The largest absolute Gasteiger partial charge is 0.493 e. The van der Waals surface area contributed by atoms with Crippen LogP contribution < -0.4 is 20.9 Å². The fourth-order valence-electron chi connectivity index (χ4n) is 1.26. The maximum Gasteiger partial charge on any atom is 0.211 e. The summed E-state index contributed by atoms with van der Waals surface area (Å²) in [5, 5.41) is 7.24. The van der Waals surface area contributed by atoms with E-state index >= 15 is 0 Å². The Morgan fingerprint density at radius 1 is 1.33 bits per heavy atom. The van der Waals surface area contributed by atoms with E-state index in [-0.39, 0.29) is 5.96 Å². The summed E-state index contributed by atoms with van der Waals surface area (Å²) in [6.07, 6.45) is 2.47. The van der Waals surface area contributed by atoms with Gasteiger partial charge in [-0.1, -0.05) is 6.92 Å². The summed E-state index contributed by atoms with van der Waals surface area (Å²) in [5.41, 5.74) is 11.1. The molecule has 0 unspecified atom stereocenters. The zero-order valence-electron chi connectivity index (χ0n) is 10.6. The number of hydrogen-bond acceptors (Lipinski definition) is 4. The highest BCUT2D eigenvalue weighted by Gasteiger charge is 2.04. The Labute approximate surface area is 106 Å². The van der Waals surface area contributed by atoms with Gasteiger partial charge in [0.25, 0.3) is 0 Å². The molecule has 1 aromatic carbocycles. The molecule has 0 aromatic heterocycles. The minimum Gasteiger partial charge on any atom is -0.493 e. The van der Waals surface area contributed by atoms with Crippen LogP contribution >= 0.6 is 0 Å². The van der Waals surface area contributed by atoms with Crippen LogP contribution in [0.5, 0.6) is 11.5 Å². The van der Waals surface area contributed by atoms with E-state index in [0.717, 1.165) is 12.0 Å². The van der Waals surface area contributed by atoms with Crippen LogP contribution in [0, 0.1) is 0 Å². The topological polar surface area (TPSA) is 95.2 Å². The summed E-state index contributed by atoms with van der Waals surface area (Å²) in [4.78, 5) is 0. The van der Waals surface area contributed by atoms with Gasteiger partial charge in [-0.05, 0) is 30.2 Å². The van der Waals surface area contributed by atoms with Gasteiger partial charge in [0, 0.05) is 0 Å². The Hall–Kier alpha value is -2.24. The third-order valence-corrected chi connectivity index (χ3v) is 2.03. The Morgan fingerprint density at radius 2 is 2.11 bits per heavy atom. The van der Waals surface area contributed by atoms with Crippen LogP contribution in [-0.2, 0) is 0 Å². The number of methoxy groups -OCH3 is 1. The van der Waals surface area contributed by atoms with Crippen LogP contribution in [0.2, 0.25) is 0 Å². The second-order valence-electron chi connectivity index (χ2n) is 3.53. The molecule has 0 spiro atoms. The van der Waals surface area contributed by atoms with Crippen molar-refractivity contribution in [1.29, 1.82) is 0 Å². The van der Waals surface area contributed by atoms with Gasteiger partial charge in [-0.15, -0.1) is 5.10 Å². The van der Waals surface area contributed by atoms with Crippen molar-refractivity contribution in [2.24, 2.45) is 21.7 Å². The van der Waals surface area contributed by atoms with Crippen LogP contribution in [0.25, 0.3) is 0 Å². The normalized spacial score (nSPS) is 10.3. The second kappa shape index (κ2) is 7.16. The number of hydrogen-bond donors (Lipinski definition) is 2. The summed E-state index contributed by atoms with van der Waals surface area (Å²) < 4.78 is 10.8. The molecule has 0 atom stereocenters. The molecule has 0 aliphatic rings. The Kier molecular flexibility index (Phi) is 5.50. The lowest BCUT2D eigenvalue weighted by molar-refractivity contribution is 0.294. The average molecular weight is 250 g/mol. The lowest BCUT2D eigenvalue weighted by Gasteiger charge is -2.10. The summed E-state index contributed by atoms with van der Waals surface area (Å²) in [6.45, 7) is 2.69. The van der Waals surface area contributed by atoms with E-state index in [1.807, 2.05) is 19.1 Å². The van der Waals surface area contributed by atoms with Crippen molar-refractivity contribution in [2.45, 2.75) is 13.3 Å². The molecule has 4 N–H and O–H groups in total. The minimum atomic E-state index is -0.0823. The number of benzene rings is 1. The van der Waals surface area contributed by atoms with E-state index in [2.05, 4.69) is 10.2 Å². The fraction of sp³-hybridized carbons (Fsp3) is 0.333. The molecule has 1 aromatic rings. The maximum absolute atomic E-state index is 5.54. The quantitative estimate of drug-likeness (QED) is 0.449. The van der Waals surface area contributed by atoms with Gasteiger partial charge in [0.15, 0.2) is 11.5 Å². The van der Waals surface area contributed by atoms with Crippen molar-refractivity contribution in [1.82, 2.24) is 0 Å². The van der Waals surface area contributed by atoms with E-state index in [9.17, 15) is 0 Å². The van der Waals surface area contributed by atoms with Crippen molar-refractivity contribution in [3.63, 3.8) is 0 Å². The Morgan fingerprint density at radius 3 is 2.72 bits per heavy atom. The van der Waals surface area contributed by atoms with Crippen molar-refractivity contribution < 1.29 is 9.47 Å². The van der Waals surface area contributed by atoms with Crippen molar-refractivity contribution >= 4 is 12.2 Å². The molecular weight excluding hydrogens is 232 g/mol. The summed E-state index contributed by atoms with van der Waals surface area (Å²) >= 11 is 0. The number of nitrogens with two attached hydrogens (primary N) is 2. The molecule has 98 valence electrons. The summed E-state index contributed by atoms with van der Waals surface area (Å²) in [6, 6.07) is 5.47. The Balaban J connectivity index is 2.84. The molecule has 0 saturated carbocycles. The van der Waals surface area contributed by atoms with E-state index < -0.39 is 0 Å². The van der Waals surface area contributed by atoms with Gasteiger partial charge in [0.05, 0.1) is 19.9 Å². The van der Waals surface area contributed by atoms with Crippen molar-refractivity contribution in [3.8, 4) is 11.5 Å². The lowest BCUT2D eigenvalue weighted by atomic mass is 10.2. The van der Waals surface area contributed by atoms with E-state index in [4.69, 9.17) is 20.9 Å². The van der Waals surface area contributed by atoms with Crippen LogP contribution in [0.15, 0.2) is 28.4 Å². The molecule has 6 heteroatoms. The maximum atomic E-state index is 5.54. The number of nitrogens with zero attached hydrogens (tertiary/aromatic N) is 2. The molecule has 0 amide bonds. The second-order valence-corrected chi connectivity index (χ2v) is 3.53. The van der Waals surface area contributed by atoms with Gasteiger partial charge in [0.2, 0.25) is 5.96 Å². The average Bonchev–Trinajstić information content (AvgIpc) is 2.36.